The molecule has 2 atom stereocenters. The second-order valence-corrected chi connectivity index (χ2v) is 7.05. The van der Waals surface area contributed by atoms with Gasteiger partial charge in [-0.1, -0.05) is 6.07 Å². The Kier molecular flexibility index (Phi) is 4.01. The lowest BCUT2D eigenvalue weighted by Gasteiger charge is -2.32. The van der Waals surface area contributed by atoms with Crippen LogP contribution in [0.3, 0.4) is 0 Å². The van der Waals surface area contributed by atoms with Crippen LogP contribution in [-0.2, 0) is 0 Å². The molecule has 23 heavy (non-hydrogen) atoms. The molecule has 2 aliphatic heterocycles. The summed E-state index contributed by atoms with van der Waals surface area (Å²) < 4.78 is 0. The molecule has 2 unspecified atom stereocenters. The minimum absolute atomic E-state index is 0.143. The van der Waals surface area contributed by atoms with Crippen LogP contribution >= 0.6 is 11.3 Å². The fourth-order valence-electron chi connectivity index (χ4n) is 3.63. The van der Waals surface area contributed by atoms with Gasteiger partial charge in [0.25, 0.3) is 5.91 Å². The topological polar surface area (TPSA) is 57.3 Å². The van der Waals surface area contributed by atoms with E-state index in [2.05, 4.69) is 20.5 Å². The monoisotopic (exact) mass is 328 g/mol. The number of carbonyl (C=O) groups excluding carboxylic acids is 1. The van der Waals surface area contributed by atoms with Gasteiger partial charge >= 0.3 is 0 Å². The summed E-state index contributed by atoms with van der Waals surface area (Å²) in [5.74, 6) is 0.806. The van der Waals surface area contributed by atoms with E-state index in [0.717, 1.165) is 42.4 Å². The van der Waals surface area contributed by atoms with Crippen LogP contribution in [0.5, 0.6) is 0 Å². The summed E-state index contributed by atoms with van der Waals surface area (Å²) in [4.78, 5) is 19.2. The summed E-state index contributed by atoms with van der Waals surface area (Å²) in [5.41, 5.74) is 1.65. The minimum Gasteiger partial charge on any atom is -0.334 e. The van der Waals surface area contributed by atoms with Crippen LogP contribution in [0.15, 0.2) is 35.8 Å². The van der Waals surface area contributed by atoms with Crippen molar-refractivity contribution in [2.24, 2.45) is 5.92 Å². The van der Waals surface area contributed by atoms with E-state index in [1.54, 1.807) is 17.5 Å². The van der Waals surface area contributed by atoms with Crippen molar-refractivity contribution in [1.82, 2.24) is 15.2 Å². The molecule has 1 amide bonds. The predicted octanol–water partition coefficient (Wildman–Crippen LogP) is 2.71. The van der Waals surface area contributed by atoms with Gasteiger partial charge in [-0.05, 0) is 43.5 Å². The van der Waals surface area contributed by atoms with Crippen molar-refractivity contribution in [2.45, 2.75) is 18.9 Å². The standard InChI is InChI=1S/C17H20N4OS/c22-16(21-8-5-12-4-6-18-11-15(12)21)13-2-1-3-14(10-13)20-17-19-7-9-23-17/h1-3,7,9-10,12,15,18H,4-6,8,11H2,(H,19,20). The number of hydrogen-bond acceptors (Lipinski definition) is 5. The molecular weight excluding hydrogens is 308 g/mol. The summed E-state index contributed by atoms with van der Waals surface area (Å²) in [6.45, 7) is 2.88. The summed E-state index contributed by atoms with van der Waals surface area (Å²) in [6, 6.07) is 8.07. The molecular formula is C17H20N4OS. The number of benzene rings is 1. The number of nitrogens with zero attached hydrogens (tertiary/aromatic N) is 2. The third kappa shape index (κ3) is 2.96. The van der Waals surface area contributed by atoms with Crippen molar-refractivity contribution in [3.05, 3.63) is 41.4 Å². The third-order valence-corrected chi connectivity index (χ3v) is 5.47. The number of anilines is 2. The van der Waals surface area contributed by atoms with E-state index in [9.17, 15) is 4.79 Å². The molecule has 2 N–H and O–H groups in total. The highest BCUT2D eigenvalue weighted by molar-refractivity contribution is 7.13. The SMILES string of the molecule is O=C(c1cccc(Nc2nccs2)c1)N1CCC2CCNCC21. The zero-order valence-electron chi connectivity index (χ0n) is 12.9. The Morgan fingerprint density at radius 1 is 1.39 bits per heavy atom. The van der Waals surface area contributed by atoms with Gasteiger partial charge in [-0.25, -0.2) is 4.98 Å². The Morgan fingerprint density at radius 2 is 2.35 bits per heavy atom. The van der Waals surface area contributed by atoms with E-state index in [-0.39, 0.29) is 5.91 Å². The van der Waals surface area contributed by atoms with Crippen molar-refractivity contribution in [2.75, 3.05) is 25.0 Å². The second-order valence-electron chi connectivity index (χ2n) is 6.15. The zero-order chi connectivity index (χ0) is 15.6. The van der Waals surface area contributed by atoms with Gasteiger partial charge in [-0.15, -0.1) is 11.3 Å². The maximum atomic E-state index is 12.9. The fourth-order valence-corrected chi connectivity index (χ4v) is 4.17. The molecule has 120 valence electrons. The third-order valence-electron chi connectivity index (χ3n) is 4.78. The first-order valence-electron chi connectivity index (χ1n) is 8.09. The number of aromatic nitrogens is 1. The number of fused-ring (bicyclic) bond motifs is 1. The maximum absolute atomic E-state index is 12.9. The van der Waals surface area contributed by atoms with Crippen LogP contribution < -0.4 is 10.6 Å². The van der Waals surface area contributed by atoms with Crippen molar-refractivity contribution in [3.8, 4) is 0 Å². The lowest BCUT2D eigenvalue weighted by molar-refractivity contribution is 0.0703. The molecule has 2 aliphatic rings. The van der Waals surface area contributed by atoms with Gasteiger partial charge in [-0.2, -0.15) is 0 Å². The summed E-state index contributed by atoms with van der Waals surface area (Å²) in [6.07, 6.45) is 4.08. The van der Waals surface area contributed by atoms with E-state index in [4.69, 9.17) is 0 Å². The largest absolute Gasteiger partial charge is 0.334 e. The average molecular weight is 328 g/mol. The molecule has 1 aromatic heterocycles. The lowest BCUT2D eigenvalue weighted by Crippen LogP contribution is -2.48. The first-order chi connectivity index (χ1) is 11.3. The lowest BCUT2D eigenvalue weighted by atomic mass is 9.93. The number of rotatable bonds is 3. The number of hydrogen-bond donors (Lipinski definition) is 2. The molecule has 0 aliphatic carbocycles. The van der Waals surface area contributed by atoms with Crippen molar-refractivity contribution in [1.29, 1.82) is 0 Å². The van der Waals surface area contributed by atoms with Crippen LogP contribution in [0.4, 0.5) is 10.8 Å². The Hall–Kier alpha value is -1.92. The number of amides is 1. The van der Waals surface area contributed by atoms with Crippen molar-refractivity contribution >= 4 is 28.1 Å². The highest BCUT2D eigenvalue weighted by atomic mass is 32.1. The number of carbonyl (C=O) groups is 1. The molecule has 0 bridgehead atoms. The van der Waals surface area contributed by atoms with Crippen LogP contribution in [0.2, 0.25) is 0 Å². The number of nitrogens with one attached hydrogen (secondary N) is 2. The fraction of sp³-hybridized carbons (Fsp3) is 0.412. The smallest absolute Gasteiger partial charge is 0.254 e. The van der Waals surface area contributed by atoms with Gasteiger partial charge in [-0.3, -0.25) is 4.79 Å². The Balaban J connectivity index is 1.52. The number of piperidine rings is 1. The van der Waals surface area contributed by atoms with Gasteiger partial charge in [0.15, 0.2) is 5.13 Å². The highest BCUT2D eigenvalue weighted by Gasteiger charge is 2.38. The molecule has 3 heterocycles. The predicted molar refractivity (Wildman–Crippen MR) is 92.3 cm³/mol. The average Bonchev–Trinajstić information content (AvgIpc) is 3.24. The summed E-state index contributed by atoms with van der Waals surface area (Å²) >= 11 is 1.55. The summed E-state index contributed by atoms with van der Waals surface area (Å²) in [5, 5.41) is 9.44. The quantitative estimate of drug-likeness (QED) is 0.909. The van der Waals surface area contributed by atoms with Gasteiger partial charge < -0.3 is 15.5 Å². The normalized spacial score (nSPS) is 23.6. The van der Waals surface area contributed by atoms with E-state index >= 15 is 0 Å². The van der Waals surface area contributed by atoms with Crippen LogP contribution in [0, 0.1) is 5.92 Å². The number of thiazole rings is 1. The molecule has 2 aromatic rings. The van der Waals surface area contributed by atoms with Crippen LogP contribution in [0.1, 0.15) is 23.2 Å². The maximum Gasteiger partial charge on any atom is 0.254 e. The zero-order valence-corrected chi connectivity index (χ0v) is 13.7. The molecule has 0 spiro atoms. The van der Waals surface area contributed by atoms with Gasteiger partial charge in [0.1, 0.15) is 0 Å². The van der Waals surface area contributed by atoms with Crippen molar-refractivity contribution in [3.63, 3.8) is 0 Å². The Bertz CT molecular complexity index is 688. The van der Waals surface area contributed by atoms with Gasteiger partial charge in [0.05, 0.1) is 0 Å². The Morgan fingerprint density at radius 3 is 3.22 bits per heavy atom. The molecule has 0 radical (unpaired) electrons. The van der Waals surface area contributed by atoms with E-state index in [0.29, 0.717) is 12.0 Å². The first-order valence-corrected chi connectivity index (χ1v) is 8.97. The molecule has 6 heteroatoms. The molecule has 2 saturated heterocycles. The Labute approximate surface area is 139 Å². The van der Waals surface area contributed by atoms with E-state index < -0.39 is 0 Å². The highest BCUT2D eigenvalue weighted by Crippen LogP contribution is 2.30. The van der Waals surface area contributed by atoms with Crippen LogP contribution in [0.25, 0.3) is 0 Å². The summed E-state index contributed by atoms with van der Waals surface area (Å²) in [7, 11) is 0. The van der Waals surface area contributed by atoms with E-state index in [1.165, 1.54) is 6.42 Å². The molecule has 2 fully saturated rings. The molecule has 5 nitrogen and oxygen atoms in total. The number of likely N-dealkylation sites (tertiary alicyclic amines) is 1. The van der Waals surface area contributed by atoms with Crippen molar-refractivity contribution < 1.29 is 4.79 Å². The first kappa shape index (κ1) is 14.7. The van der Waals surface area contributed by atoms with Gasteiger partial charge in [0, 0.05) is 42.0 Å². The van der Waals surface area contributed by atoms with Crippen LogP contribution in [-0.4, -0.2) is 41.5 Å². The molecule has 1 aromatic carbocycles. The molecule has 0 saturated carbocycles. The van der Waals surface area contributed by atoms with Gasteiger partial charge in [0.2, 0.25) is 0 Å². The second kappa shape index (κ2) is 6.29. The molecule has 4 rings (SSSR count). The van der Waals surface area contributed by atoms with E-state index in [1.807, 2.05) is 29.6 Å². The minimum atomic E-state index is 0.143.